The van der Waals surface area contributed by atoms with Crippen molar-refractivity contribution >= 4 is 23.5 Å². The number of carbonyl (C=O) groups is 2. The van der Waals surface area contributed by atoms with Gasteiger partial charge >= 0.3 is 5.97 Å². The first-order valence-corrected chi connectivity index (χ1v) is 5.77. The molecule has 1 N–H and O–H groups in total. The third-order valence-electron chi connectivity index (χ3n) is 2.31. The van der Waals surface area contributed by atoms with Gasteiger partial charge in [0.25, 0.3) is 5.91 Å². The van der Waals surface area contributed by atoms with Gasteiger partial charge in [-0.15, -0.1) is 11.6 Å². The van der Waals surface area contributed by atoms with Crippen LogP contribution in [0.1, 0.15) is 10.4 Å². The molecule has 0 heterocycles. The number of benzene rings is 1. The maximum Gasteiger partial charge on any atom is 0.325 e. The lowest BCUT2D eigenvalue weighted by atomic mass is 10.2. The second-order valence-corrected chi connectivity index (χ2v) is 4.08. The van der Waals surface area contributed by atoms with E-state index in [-0.39, 0.29) is 17.9 Å². The van der Waals surface area contributed by atoms with Gasteiger partial charge in [-0.3, -0.25) is 9.59 Å². The zero-order chi connectivity index (χ0) is 14.4. The molecule has 5 nitrogen and oxygen atoms in total. The average molecular weight is 290 g/mol. The molecule has 19 heavy (non-hydrogen) atoms. The number of hydrogen-bond donors (Lipinski definition) is 1. The van der Waals surface area contributed by atoms with Crippen molar-refractivity contribution in [1.82, 2.24) is 5.32 Å². The summed E-state index contributed by atoms with van der Waals surface area (Å²) in [5, 5.41) is 1.46. The number of amides is 1. The number of alkyl halides is 1. The number of esters is 1. The van der Waals surface area contributed by atoms with Crippen LogP contribution in [0, 0.1) is 5.82 Å². The standard InChI is InChI=1S/C12H13ClFNO4/c1-18-10-5-7(3-4-9(10)14)11(16)15-6-8(13)12(17)19-2/h3-5,8H,6H2,1-2H3,(H,15,16). The number of hydrogen-bond acceptors (Lipinski definition) is 4. The molecular formula is C12H13ClFNO4. The van der Waals surface area contributed by atoms with Crippen LogP contribution in [0.3, 0.4) is 0 Å². The minimum absolute atomic E-state index is 0.0389. The zero-order valence-corrected chi connectivity index (χ0v) is 11.2. The minimum Gasteiger partial charge on any atom is -0.494 e. The molecule has 0 aliphatic carbocycles. The normalized spacial score (nSPS) is 11.6. The van der Waals surface area contributed by atoms with E-state index in [1.54, 1.807) is 0 Å². The third-order valence-corrected chi connectivity index (χ3v) is 2.64. The summed E-state index contributed by atoms with van der Waals surface area (Å²) in [6, 6.07) is 3.67. The van der Waals surface area contributed by atoms with Crippen LogP contribution in [0.4, 0.5) is 4.39 Å². The van der Waals surface area contributed by atoms with Crippen LogP contribution >= 0.6 is 11.6 Å². The van der Waals surface area contributed by atoms with Crippen LogP contribution in [-0.4, -0.2) is 38.0 Å². The van der Waals surface area contributed by atoms with Crippen LogP contribution in [-0.2, 0) is 9.53 Å². The van der Waals surface area contributed by atoms with Gasteiger partial charge in [0.1, 0.15) is 5.38 Å². The summed E-state index contributed by atoms with van der Waals surface area (Å²) in [7, 11) is 2.50. The number of halogens is 2. The number of methoxy groups -OCH3 is 2. The Hall–Kier alpha value is -1.82. The first-order chi connectivity index (χ1) is 8.99. The van der Waals surface area contributed by atoms with Crippen molar-refractivity contribution in [2.75, 3.05) is 20.8 Å². The number of carbonyl (C=O) groups excluding carboxylic acids is 2. The second-order valence-electron chi connectivity index (χ2n) is 3.55. The van der Waals surface area contributed by atoms with Gasteiger partial charge in [0.15, 0.2) is 11.6 Å². The molecule has 0 fully saturated rings. The molecule has 1 atom stereocenters. The van der Waals surface area contributed by atoms with Crippen molar-refractivity contribution in [3.8, 4) is 5.75 Å². The van der Waals surface area contributed by atoms with Crippen molar-refractivity contribution in [3.63, 3.8) is 0 Å². The van der Waals surface area contributed by atoms with E-state index in [2.05, 4.69) is 10.1 Å². The Balaban J connectivity index is 2.66. The largest absolute Gasteiger partial charge is 0.494 e. The summed E-state index contributed by atoms with van der Waals surface area (Å²) < 4.78 is 22.3. The maximum atomic E-state index is 13.2. The molecule has 0 bridgehead atoms. The van der Waals surface area contributed by atoms with E-state index in [0.29, 0.717) is 0 Å². The number of ether oxygens (including phenoxy) is 2. The minimum atomic E-state index is -0.976. The fraction of sp³-hybridized carbons (Fsp3) is 0.333. The Morgan fingerprint density at radius 3 is 2.68 bits per heavy atom. The summed E-state index contributed by atoms with van der Waals surface area (Å²) in [6.07, 6.45) is 0. The lowest BCUT2D eigenvalue weighted by Gasteiger charge is -2.10. The third kappa shape index (κ3) is 4.10. The first kappa shape index (κ1) is 15.2. The molecule has 0 aliphatic rings. The van der Waals surface area contributed by atoms with Crippen LogP contribution in [0.5, 0.6) is 5.75 Å². The fourth-order valence-corrected chi connectivity index (χ4v) is 1.46. The smallest absolute Gasteiger partial charge is 0.325 e. The van der Waals surface area contributed by atoms with Crippen molar-refractivity contribution in [1.29, 1.82) is 0 Å². The van der Waals surface area contributed by atoms with Gasteiger partial charge in [0, 0.05) is 12.1 Å². The summed E-state index contributed by atoms with van der Waals surface area (Å²) >= 11 is 5.67. The van der Waals surface area contributed by atoms with E-state index in [1.807, 2.05) is 0 Å². The Kier molecular flexibility index (Phi) is 5.57. The predicted molar refractivity (Wildman–Crippen MR) is 66.9 cm³/mol. The molecule has 1 amide bonds. The lowest BCUT2D eigenvalue weighted by Crippen LogP contribution is -2.34. The quantitative estimate of drug-likeness (QED) is 0.656. The van der Waals surface area contributed by atoms with Gasteiger partial charge in [-0.25, -0.2) is 4.39 Å². The Labute approximate surface area is 114 Å². The van der Waals surface area contributed by atoms with Gasteiger partial charge in [-0.05, 0) is 18.2 Å². The molecule has 0 saturated heterocycles. The summed E-state index contributed by atoms with van der Waals surface area (Å²) in [6.45, 7) is -0.0905. The summed E-state index contributed by atoms with van der Waals surface area (Å²) in [5.74, 6) is -1.74. The lowest BCUT2D eigenvalue weighted by molar-refractivity contribution is -0.140. The summed E-state index contributed by atoms with van der Waals surface area (Å²) in [5.41, 5.74) is 0.201. The second kappa shape index (κ2) is 6.94. The maximum absolute atomic E-state index is 13.2. The Morgan fingerprint density at radius 2 is 2.11 bits per heavy atom. The van der Waals surface area contributed by atoms with Crippen molar-refractivity contribution in [2.45, 2.75) is 5.38 Å². The van der Waals surface area contributed by atoms with Gasteiger partial charge in [-0.1, -0.05) is 0 Å². The topological polar surface area (TPSA) is 64.6 Å². The summed E-state index contributed by atoms with van der Waals surface area (Å²) in [4.78, 5) is 22.8. The highest BCUT2D eigenvalue weighted by atomic mass is 35.5. The Morgan fingerprint density at radius 1 is 1.42 bits per heavy atom. The molecule has 0 aromatic heterocycles. The van der Waals surface area contributed by atoms with Crippen LogP contribution in [0.2, 0.25) is 0 Å². The molecule has 1 unspecified atom stereocenters. The molecule has 104 valence electrons. The molecule has 1 aromatic carbocycles. The van der Waals surface area contributed by atoms with Gasteiger partial charge in [-0.2, -0.15) is 0 Å². The van der Waals surface area contributed by atoms with Crippen LogP contribution in [0.25, 0.3) is 0 Å². The van der Waals surface area contributed by atoms with E-state index < -0.39 is 23.1 Å². The van der Waals surface area contributed by atoms with Crippen molar-refractivity contribution in [3.05, 3.63) is 29.6 Å². The highest BCUT2D eigenvalue weighted by Gasteiger charge is 2.17. The molecule has 1 rings (SSSR count). The van der Waals surface area contributed by atoms with Gasteiger partial charge in [0.2, 0.25) is 0 Å². The molecule has 0 spiro atoms. The first-order valence-electron chi connectivity index (χ1n) is 5.33. The highest BCUT2D eigenvalue weighted by molar-refractivity contribution is 6.30. The average Bonchev–Trinajstić information content (AvgIpc) is 2.43. The van der Waals surface area contributed by atoms with E-state index >= 15 is 0 Å². The van der Waals surface area contributed by atoms with Gasteiger partial charge < -0.3 is 14.8 Å². The molecule has 7 heteroatoms. The van der Waals surface area contributed by atoms with E-state index in [0.717, 1.165) is 6.07 Å². The van der Waals surface area contributed by atoms with Crippen molar-refractivity contribution in [2.24, 2.45) is 0 Å². The van der Waals surface area contributed by atoms with Crippen molar-refractivity contribution < 1.29 is 23.5 Å². The molecular weight excluding hydrogens is 277 g/mol. The number of rotatable bonds is 5. The monoisotopic (exact) mass is 289 g/mol. The van der Waals surface area contributed by atoms with Crippen LogP contribution in [0.15, 0.2) is 18.2 Å². The Bertz CT molecular complexity index is 481. The SMILES string of the molecule is COC(=O)C(Cl)CNC(=O)c1ccc(F)c(OC)c1. The molecule has 0 saturated carbocycles. The van der Waals surface area contributed by atoms with E-state index in [4.69, 9.17) is 16.3 Å². The molecule has 1 aromatic rings. The molecule has 0 radical (unpaired) electrons. The molecule has 0 aliphatic heterocycles. The number of nitrogens with one attached hydrogen (secondary N) is 1. The van der Waals surface area contributed by atoms with Gasteiger partial charge in [0.05, 0.1) is 14.2 Å². The van der Waals surface area contributed by atoms with E-state index in [9.17, 15) is 14.0 Å². The fourth-order valence-electron chi connectivity index (χ4n) is 1.30. The van der Waals surface area contributed by atoms with Crippen LogP contribution < -0.4 is 10.1 Å². The van der Waals surface area contributed by atoms with E-state index in [1.165, 1.54) is 26.4 Å². The highest BCUT2D eigenvalue weighted by Crippen LogP contribution is 2.18. The predicted octanol–water partition coefficient (Wildman–Crippen LogP) is 1.34. The zero-order valence-electron chi connectivity index (χ0n) is 10.4.